The minimum Gasteiger partial charge on any atom is -0.310 e. The van der Waals surface area contributed by atoms with Gasteiger partial charge >= 0.3 is 0 Å². The van der Waals surface area contributed by atoms with E-state index in [1.807, 2.05) is 0 Å². The Hall–Kier alpha value is -7.68. The minimum atomic E-state index is -0.288. The molecule has 3 aliphatic rings. The lowest BCUT2D eigenvalue weighted by Crippen LogP contribution is -2.23. The molecule has 0 radical (unpaired) electrons. The first-order valence-electron chi connectivity index (χ1n) is 26.1. The summed E-state index contributed by atoms with van der Waals surface area (Å²) in [6.45, 7) is 14.3. The van der Waals surface area contributed by atoms with E-state index in [1.54, 1.807) is 0 Å². The molecule has 0 saturated heterocycles. The summed E-state index contributed by atoms with van der Waals surface area (Å²) in [5.41, 5.74) is 23.3. The molecule has 10 aromatic carbocycles. The van der Waals surface area contributed by atoms with Crippen LogP contribution in [0.5, 0.6) is 0 Å². The van der Waals surface area contributed by atoms with Gasteiger partial charge in [-0.3, -0.25) is 0 Å². The molecule has 0 amide bonds. The number of hydrogen-bond donors (Lipinski definition) is 0. The number of rotatable bonds is 10. The van der Waals surface area contributed by atoms with Crippen molar-refractivity contribution in [3.05, 3.63) is 240 Å². The molecule has 71 heavy (non-hydrogen) atoms. The first-order chi connectivity index (χ1) is 34.7. The Morgan fingerprint density at radius 2 is 0.606 bits per heavy atom. The van der Waals surface area contributed by atoms with Crippen LogP contribution in [0, 0.1) is 0 Å². The summed E-state index contributed by atoms with van der Waals surface area (Å²) in [4.78, 5) is 5.07. The van der Waals surface area contributed by atoms with Crippen molar-refractivity contribution >= 4 is 55.7 Å². The molecule has 10 aromatic rings. The highest BCUT2D eigenvalue weighted by atomic mass is 15.2. The number of nitrogens with zero attached hydrogens (tertiary/aromatic N) is 2. The van der Waals surface area contributed by atoms with E-state index < -0.39 is 0 Å². The van der Waals surface area contributed by atoms with Crippen LogP contribution in [-0.4, -0.2) is 0 Å². The number of hydrogen-bond acceptors (Lipinski definition) is 2. The van der Waals surface area contributed by atoms with Crippen LogP contribution in [-0.2, 0) is 16.2 Å². The molecule has 13 rings (SSSR count). The largest absolute Gasteiger partial charge is 0.310 e. The van der Waals surface area contributed by atoms with Crippen LogP contribution in [0.2, 0.25) is 0 Å². The Balaban J connectivity index is 0.966. The van der Waals surface area contributed by atoms with Crippen LogP contribution in [0.1, 0.15) is 101 Å². The van der Waals surface area contributed by atoms with Gasteiger partial charge in [0.25, 0.3) is 0 Å². The second-order valence-electron chi connectivity index (χ2n) is 20.9. The molecule has 0 heterocycles. The van der Waals surface area contributed by atoms with Gasteiger partial charge in [-0.15, -0.1) is 0 Å². The van der Waals surface area contributed by atoms with E-state index in [-0.39, 0.29) is 16.2 Å². The predicted molar refractivity (Wildman–Crippen MR) is 302 cm³/mol. The van der Waals surface area contributed by atoms with Gasteiger partial charge in [-0.25, -0.2) is 0 Å². The molecule has 2 heteroatoms. The first-order valence-corrected chi connectivity index (χ1v) is 26.1. The Morgan fingerprint density at radius 1 is 0.296 bits per heavy atom. The SMILES string of the molecule is CCC1(CC)c2ccccc2-c2ccc(N(c3ccc4c(c3)C(C)(C)c3cc(N(c5ccc6c(c5)C(CC)(CC)c5ccccc5-6)c5cccc6ccccc56)ccc3-4)c3cccc4ccccc34)cc21. The minimum absolute atomic E-state index is 0.0362. The van der Waals surface area contributed by atoms with Crippen LogP contribution in [0.15, 0.2) is 206 Å². The molecule has 0 bridgehead atoms. The maximum absolute atomic E-state index is 2.54. The van der Waals surface area contributed by atoms with Gasteiger partial charge in [-0.2, -0.15) is 0 Å². The molecule has 0 atom stereocenters. The maximum Gasteiger partial charge on any atom is 0.0540 e. The quantitative estimate of drug-likeness (QED) is 0.135. The van der Waals surface area contributed by atoms with Gasteiger partial charge in [-0.1, -0.05) is 187 Å². The van der Waals surface area contributed by atoms with Crippen molar-refractivity contribution in [2.45, 2.75) is 83.5 Å². The van der Waals surface area contributed by atoms with Gasteiger partial charge in [-0.05, 0) is 164 Å². The van der Waals surface area contributed by atoms with Gasteiger partial charge in [0.05, 0.1) is 11.4 Å². The lowest BCUT2D eigenvalue weighted by atomic mass is 9.74. The van der Waals surface area contributed by atoms with Crippen LogP contribution in [0.25, 0.3) is 54.9 Å². The molecule has 0 unspecified atom stereocenters. The third kappa shape index (κ3) is 6.13. The van der Waals surface area contributed by atoms with Crippen molar-refractivity contribution in [1.29, 1.82) is 0 Å². The standard InChI is InChI=1S/C69H60N2/c1-7-68(8-2)59-29-17-15-27-53(59)57-39-35-49(43-63(57)68)70(65-31-19-23-45-21-11-13-25-51(45)65)47-33-37-55-56-38-34-48(42-62(56)67(5,6)61(55)41-47)71(66-32-20-24-46-22-12-14-26-52(46)66)50-36-40-58-54-28-16-18-30-60(54)69(9-3,10-4)64(58)44-50/h11-44H,7-10H2,1-6H3. The summed E-state index contributed by atoms with van der Waals surface area (Å²) >= 11 is 0. The maximum atomic E-state index is 2.54. The summed E-state index contributed by atoms with van der Waals surface area (Å²) in [6, 6.07) is 78.5. The van der Waals surface area contributed by atoms with Crippen LogP contribution >= 0.6 is 0 Å². The van der Waals surface area contributed by atoms with Crippen LogP contribution in [0.3, 0.4) is 0 Å². The highest BCUT2D eigenvalue weighted by Gasteiger charge is 2.43. The molecular weight excluding hydrogens is 857 g/mol. The summed E-state index contributed by atoms with van der Waals surface area (Å²) in [7, 11) is 0. The van der Waals surface area contributed by atoms with E-state index in [0.717, 1.165) is 25.7 Å². The van der Waals surface area contributed by atoms with E-state index in [4.69, 9.17) is 0 Å². The molecule has 0 aromatic heterocycles. The smallest absolute Gasteiger partial charge is 0.0540 e. The van der Waals surface area contributed by atoms with Crippen LogP contribution in [0.4, 0.5) is 34.1 Å². The second kappa shape index (κ2) is 16.2. The van der Waals surface area contributed by atoms with E-state index in [0.29, 0.717) is 0 Å². The third-order valence-electron chi connectivity index (χ3n) is 17.6. The molecular formula is C69H60N2. The zero-order valence-corrected chi connectivity index (χ0v) is 41.9. The second-order valence-corrected chi connectivity index (χ2v) is 20.9. The van der Waals surface area contributed by atoms with E-state index in [1.165, 1.54) is 122 Å². The van der Waals surface area contributed by atoms with E-state index in [2.05, 4.69) is 258 Å². The summed E-state index contributed by atoms with van der Waals surface area (Å²) < 4.78 is 0. The highest BCUT2D eigenvalue weighted by molar-refractivity contribution is 6.02. The topological polar surface area (TPSA) is 6.48 Å². The number of benzene rings is 10. The lowest BCUT2D eigenvalue weighted by molar-refractivity contribution is 0.490. The molecule has 0 N–H and O–H groups in total. The van der Waals surface area contributed by atoms with E-state index >= 15 is 0 Å². The molecule has 2 nitrogen and oxygen atoms in total. The zero-order valence-electron chi connectivity index (χ0n) is 41.9. The summed E-state index contributed by atoms with van der Waals surface area (Å²) in [5.74, 6) is 0. The zero-order chi connectivity index (χ0) is 48.2. The summed E-state index contributed by atoms with van der Waals surface area (Å²) in [5, 5.41) is 4.95. The van der Waals surface area contributed by atoms with Crippen molar-refractivity contribution in [1.82, 2.24) is 0 Å². The molecule has 346 valence electrons. The highest BCUT2D eigenvalue weighted by Crippen LogP contribution is 2.58. The van der Waals surface area contributed by atoms with Crippen molar-refractivity contribution in [3.8, 4) is 33.4 Å². The Morgan fingerprint density at radius 3 is 1.00 bits per heavy atom. The van der Waals surface area contributed by atoms with Gasteiger partial charge in [0.2, 0.25) is 0 Å². The molecule has 0 saturated carbocycles. The van der Waals surface area contributed by atoms with Gasteiger partial charge in [0.15, 0.2) is 0 Å². The van der Waals surface area contributed by atoms with E-state index in [9.17, 15) is 0 Å². The monoisotopic (exact) mass is 916 g/mol. The molecule has 0 spiro atoms. The first kappa shape index (κ1) is 43.3. The Kier molecular flexibility index (Phi) is 9.88. The fourth-order valence-electron chi connectivity index (χ4n) is 13.8. The third-order valence-corrected chi connectivity index (χ3v) is 17.6. The van der Waals surface area contributed by atoms with Crippen LogP contribution < -0.4 is 9.80 Å². The number of anilines is 6. The van der Waals surface area contributed by atoms with Gasteiger partial charge in [0, 0.05) is 49.8 Å². The van der Waals surface area contributed by atoms with Gasteiger partial charge in [0.1, 0.15) is 0 Å². The van der Waals surface area contributed by atoms with Crippen molar-refractivity contribution in [2.75, 3.05) is 9.80 Å². The fourth-order valence-corrected chi connectivity index (χ4v) is 13.8. The molecule has 3 aliphatic carbocycles. The Labute approximate surface area is 419 Å². The lowest BCUT2D eigenvalue weighted by Gasteiger charge is -2.33. The average molecular weight is 917 g/mol. The average Bonchev–Trinajstić information content (AvgIpc) is 3.96. The summed E-state index contributed by atoms with van der Waals surface area (Å²) in [6.07, 6.45) is 4.20. The predicted octanol–water partition coefficient (Wildman–Crippen LogP) is 19.4. The molecule has 0 aliphatic heterocycles. The van der Waals surface area contributed by atoms with Gasteiger partial charge < -0.3 is 9.80 Å². The number of fused-ring (bicyclic) bond motifs is 11. The molecule has 0 fully saturated rings. The van der Waals surface area contributed by atoms with Crippen molar-refractivity contribution < 1.29 is 0 Å². The van der Waals surface area contributed by atoms with Crippen molar-refractivity contribution in [3.63, 3.8) is 0 Å². The normalized spacial score (nSPS) is 14.9. The Bertz CT molecular complexity index is 3510. The fraction of sp³-hybridized carbons (Fsp3) is 0.188. The van der Waals surface area contributed by atoms with Crippen molar-refractivity contribution in [2.24, 2.45) is 0 Å².